The van der Waals surface area contributed by atoms with Crippen LogP contribution in [0.2, 0.25) is 0 Å². The standard InChI is InChI=1S/C16H16N2O3/c1-2-14(13-5-3-4-6-15(13)20)17-18-16(21)11-7-9-12(19)10-8-11/h3-10,19-20H,2H2,1H3,(H,18,21). The van der Waals surface area contributed by atoms with Crippen molar-refractivity contribution in [3.8, 4) is 11.5 Å². The molecule has 0 fully saturated rings. The van der Waals surface area contributed by atoms with Crippen molar-refractivity contribution in [2.75, 3.05) is 0 Å². The molecule has 0 bridgehead atoms. The Hall–Kier alpha value is -2.82. The Morgan fingerprint density at radius 1 is 1.10 bits per heavy atom. The lowest BCUT2D eigenvalue weighted by molar-refractivity contribution is 0.0955. The second kappa shape index (κ2) is 6.56. The molecule has 5 nitrogen and oxygen atoms in total. The van der Waals surface area contributed by atoms with Gasteiger partial charge in [-0.2, -0.15) is 5.10 Å². The Morgan fingerprint density at radius 3 is 2.38 bits per heavy atom. The molecule has 0 atom stereocenters. The number of nitrogens with one attached hydrogen (secondary N) is 1. The molecule has 0 aliphatic rings. The summed E-state index contributed by atoms with van der Waals surface area (Å²) in [6, 6.07) is 12.7. The van der Waals surface area contributed by atoms with Gasteiger partial charge in [0.1, 0.15) is 11.5 Å². The van der Waals surface area contributed by atoms with E-state index in [1.807, 2.05) is 6.92 Å². The van der Waals surface area contributed by atoms with Gasteiger partial charge in [-0.05, 0) is 42.8 Å². The van der Waals surface area contributed by atoms with Gasteiger partial charge in [-0.3, -0.25) is 4.79 Å². The summed E-state index contributed by atoms with van der Waals surface area (Å²) >= 11 is 0. The maximum Gasteiger partial charge on any atom is 0.271 e. The van der Waals surface area contributed by atoms with E-state index in [4.69, 9.17) is 0 Å². The second-order valence-corrected chi connectivity index (χ2v) is 4.42. The molecule has 5 heteroatoms. The highest BCUT2D eigenvalue weighted by Crippen LogP contribution is 2.18. The first kappa shape index (κ1) is 14.6. The molecule has 1 amide bonds. The number of rotatable bonds is 4. The molecular weight excluding hydrogens is 268 g/mol. The summed E-state index contributed by atoms with van der Waals surface area (Å²) in [5, 5.41) is 23.1. The fraction of sp³-hybridized carbons (Fsp3) is 0.125. The number of hydrogen-bond acceptors (Lipinski definition) is 4. The number of hydrazone groups is 1. The van der Waals surface area contributed by atoms with Crippen molar-refractivity contribution in [3.63, 3.8) is 0 Å². The van der Waals surface area contributed by atoms with Crippen LogP contribution in [-0.2, 0) is 0 Å². The van der Waals surface area contributed by atoms with Gasteiger partial charge in [0.25, 0.3) is 5.91 Å². The zero-order chi connectivity index (χ0) is 15.2. The molecule has 0 aromatic heterocycles. The molecule has 21 heavy (non-hydrogen) atoms. The molecule has 0 heterocycles. The molecular formula is C16H16N2O3. The normalized spacial score (nSPS) is 11.2. The van der Waals surface area contributed by atoms with Crippen LogP contribution in [0.1, 0.15) is 29.3 Å². The van der Waals surface area contributed by atoms with E-state index in [1.165, 1.54) is 24.3 Å². The molecule has 0 aliphatic carbocycles. The largest absolute Gasteiger partial charge is 0.508 e. The maximum absolute atomic E-state index is 11.9. The molecule has 108 valence electrons. The topological polar surface area (TPSA) is 81.9 Å². The van der Waals surface area contributed by atoms with Gasteiger partial charge in [0.2, 0.25) is 0 Å². The van der Waals surface area contributed by atoms with Gasteiger partial charge in [-0.25, -0.2) is 5.43 Å². The molecule has 0 saturated heterocycles. The van der Waals surface area contributed by atoms with E-state index in [2.05, 4.69) is 10.5 Å². The molecule has 0 spiro atoms. The number of phenols is 2. The number of aromatic hydroxyl groups is 2. The summed E-state index contributed by atoms with van der Waals surface area (Å²) in [6.45, 7) is 1.89. The van der Waals surface area contributed by atoms with E-state index >= 15 is 0 Å². The first-order valence-corrected chi connectivity index (χ1v) is 6.56. The smallest absolute Gasteiger partial charge is 0.271 e. The number of para-hydroxylation sites is 1. The van der Waals surface area contributed by atoms with Crippen LogP contribution in [0.15, 0.2) is 53.6 Å². The van der Waals surface area contributed by atoms with Crippen molar-refractivity contribution in [1.82, 2.24) is 5.43 Å². The lowest BCUT2D eigenvalue weighted by atomic mass is 10.1. The third kappa shape index (κ3) is 3.60. The van der Waals surface area contributed by atoms with Gasteiger partial charge in [0.15, 0.2) is 0 Å². The van der Waals surface area contributed by atoms with E-state index in [0.717, 1.165) is 0 Å². The predicted octanol–water partition coefficient (Wildman–Crippen LogP) is 2.64. The molecule has 2 aromatic rings. The molecule has 0 unspecified atom stereocenters. The maximum atomic E-state index is 11.9. The minimum Gasteiger partial charge on any atom is -0.508 e. The van der Waals surface area contributed by atoms with Crippen molar-refractivity contribution in [1.29, 1.82) is 0 Å². The van der Waals surface area contributed by atoms with Crippen LogP contribution < -0.4 is 5.43 Å². The molecule has 2 aromatic carbocycles. The lowest BCUT2D eigenvalue weighted by Crippen LogP contribution is -2.19. The summed E-state index contributed by atoms with van der Waals surface area (Å²) in [5.41, 5.74) is 4.02. The van der Waals surface area contributed by atoms with Crippen LogP contribution >= 0.6 is 0 Å². The third-order valence-corrected chi connectivity index (χ3v) is 2.97. The first-order chi connectivity index (χ1) is 10.1. The average molecular weight is 284 g/mol. The van der Waals surface area contributed by atoms with Crippen molar-refractivity contribution in [3.05, 3.63) is 59.7 Å². The Morgan fingerprint density at radius 2 is 1.76 bits per heavy atom. The molecule has 0 saturated carbocycles. The number of carbonyl (C=O) groups excluding carboxylic acids is 1. The van der Waals surface area contributed by atoms with Crippen molar-refractivity contribution < 1.29 is 15.0 Å². The number of carbonyl (C=O) groups is 1. The van der Waals surface area contributed by atoms with Gasteiger partial charge in [-0.1, -0.05) is 19.1 Å². The lowest BCUT2D eigenvalue weighted by Gasteiger charge is -2.07. The Labute approximate surface area is 122 Å². The first-order valence-electron chi connectivity index (χ1n) is 6.56. The summed E-state index contributed by atoms with van der Waals surface area (Å²) in [5.74, 6) is -0.160. The van der Waals surface area contributed by atoms with E-state index in [0.29, 0.717) is 23.3 Å². The summed E-state index contributed by atoms with van der Waals surface area (Å²) in [7, 11) is 0. The monoisotopic (exact) mass is 284 g/mol. The van der Waals surface area contributed by atoms with Crippen LogP contribution in [-0.4, -0.2) is 21.8 Å². The van der Waals surface area contributed by atoms with E-state index in [-0.39, 0.29) is 17.4 Å². The highest BCUT2D eigenvalue weighted by molar-refractivity contribution is 6.03. The highest BCUT2D eigenvalue weighted by Gasteiger charge is 2.08. The summed E-state index contributed by atoms with van der Waals surface area (Å²) in [6.07, 6.45) is 0.563. The van der Waals surface area contributed by atoms with Gasteiger partial charge in [0.05, 0.1) is 5.71 Å². The minimum atomic E-state index is -0.378. The zero-order valence-electron chi connectivity index (χ0n) is 11.6. The molecule has 0 radical (unpaired) electrons. The minimum absolute atomic E-state index is 0.0958. The van der Waals surface area contributed by atoms with Crippen LogP contribution in [0, 0.1) is 0 Å². The van der Waals surface area contributed by atoms with E-state index < -0.39 is 0 Å². The Balaban J connectivity index is 2.16. The predicted molar refractivity (Wildman–Crippen MR) is 80.5 cm³/mol. The van der Waals surface area contributed by atoms with Crippen molar-refractivity contribution in [2.24, 2.45) is 5.10 Å². The zero-order valence-corrected chi connectivity index (χ0v) is 11.6. The van der Waals surface area contributed by atoms with Gasteiger partial charge in [-0.15, -0.1) is 0 Å². The fourth-order valence-corrected chi connectivity index (χ4v) is 1.84. The third-order valence-electron chi connectivity index (χ3n) is 2.97. The summed E-state index contributed by atoms with van der Waals surface area (Å²) < 4.78 is 0. The van der Waals surface area contributed by atoms with Crippen LogP contribution in [0.3, 0.4) is 0 Å². The highest BCUT2D eigenvalue weighted by atomic mass is 16.3. The van der Waals surface area contributed by atoms with Crippen LogP contribution in [0.5, 0.6) is 11.5 Å². The summed E-state index contributed by atoms with van der Waals surface area (Å²) in [4.78, 5) is 11.9. The second-order valence-electron chi connectivity index (χ2n) is 4.42. The van der Waals surface area contributed by atoms with Crippen molar-refractivity contribution in [2.45, 2.75) is 13.3 Å². The number of hydrogen-bond donors (Lipinski definition) is 3. The fourth-order valence-electron chi connectivity index (χ4n) is 1.84. The number of benzene rings is 2. The quantitative estimate of drug-likeness (QED) is 0.596. The van der Waals surface area contributed by atoms with E-state index in [1.54, 1.807) is 24.3 Å². The number of phenolic OH excluding ortho intramolecular Hbond substituents is 2. The molecule has 3 N–H and O–H groups in total. The number of nitrogens with zero attached hydrogens (tertiary/aromatic N) is 1. The van der Waals surface area contributed by atoms with Gasteiger partial charge >= 0.3 is 0 Å². The van der Waals surface area contributed by atoms with E-state index in [9.17, 15) is 15.0 Å². The molecule has 0 aliphatic heterocycles. The Bertz CT molecular complexity index is 663. The number of amides is 1. The van der Waals surface area contributed by atoms with Gasteiger partial charge < -0.3 is 10.2 Å². The SMILES string of the molecule is CCC(=NNC(=O)c1ccc(O)cc1)c1ccccc1O. The molecule has 2 rings (SSSR count). The Kier molecular flexibility index (Phi) is 4.56. The van der Waals surface area contributed by atoms with Crippen molar-refractivity contribution >= 4 is 11.6 Å². The van der Waals surface area contributed by atoms with Crippen LogP contribution in [0.25, 0.3) is 0 Å². The van der Waals surface area contributed by atoms with Gasteiger partial charge in [0, 0.05) is 11.1 Å². The average Bonchev–Trinajstić information content (AvgIpc) is 2.50. The van der Waals surface area contributed by atoms with Crippen LogP contribution in [0.4, 0.5) is 0 Å².